The van der Waals surface area contributed by atoms with E-state index in [0.717, 1.165) is 0 Å². The summed E-state index contributed by atoms with van der Waals surface area (Å²) in [6.45, 7) is 9.41. The zero-order valence-electron chi connectivity index (χ0n) is 10.6. The molecule has 1 atom stereocenters. The number of aliphatic hydroxyl groups excluding tert-OH is 1. The second-order valence-electron chi connectivity index (χ2n) is 4.07. The van der Waals surface area contributed by atoms with E-state index in [-0.39, 0.29) is 31.8 Å². The van der Waals surface area contributed by atoms with Gasteiger partial charge in [-0.05, 0) is 18.6 Å². The molecule has 0 aromatic carbocycles. The summed E-state index contributed by atoms with van der Waals surface area (Å²) >= 11 is 0. The van der Waals surface area contributed by atoms with E-state index in [0.29, 0.717) is 6.42 Å². The van der Waals surface area contributed by atoms with Crippen LogP contribution in [0.2, 0.25) is 0 Å². The van der Waals surface area contributed by atoms with Crippen molar-refractivity contribution in [3.63, 3.8) is 0 Å². The molecule has 1 fully saturated rings. The fraction of sp³-hybridized carbons (Fsp3) is 0.500. The molecular weight excluding hydrogens is 234 g/mol. The third-order valence-corrected chi connectivity index (χ3v) is 2.81. The third-order valence-electron chi connectivity index (χ3n) is 2.81. The van der Waals surface area contributed by atoms with Crippen LogP contribution in [0, 0.1) is 0 Å². The maximum atomic E-state index is 11.6. The molecule has 18 heavy (non-hydrogen) atoms. The first-order valence-electron chi connectivity index (χ1n) is 5.78. The number of carbonyl (C=O) groups excluding carboxylic acids is 2. The lowest BCUT2D eigenvalue weighted by Gasteiger charge is -2.43. The van der Waals surface area contributed by atoms with Crippen molar-refractivity contribution in [1.29, 1.82) is 0 Å². The van der Waals surface area contributed by atoms with Crippen LogP contribution in [0.15, 0.2) is 25.3 Å². The molecule has 1 aliphatic rings. The summed E-state index contributed by atoms with van der Waals surface area (Å²) in [5.41, 5.74) is 0. The first kappa shape index (κ1) is 14.4. The Hall–Kier alpha value is -1.66. The van der Waals surface area contributed by atoms with Crippen LogP contribution in [0.1, 0.15) is 13.3 Å². The van der Waals surface area contributed by atoms with Gasteiger partial charge in [0.25, 0.3) is 0 Å². The van der Waals surface area contributed by atoms with E-state index in [9.17, 15) is 14.7 Å². The van der Waals surface area contributed by atoms with Crippen LogP contribution in [0.3, 0.4) is 0 Å². The highest BCUT2D eigenvalue weighted by Gasteiger charge is 2.30. The first-order valence-corrected chi connectivity index (χ1v) is 5.78. The lowest BCUT2D eigenvalue weighted by atomic mass is 10.3. The van der Waals surface area contributed by atoms with Crippen LogP contribution in [0.5, 0.6) is 0 Å². The van der Waals surface area contributed by atoms with Crippen molar-refractivity contribution in [3.8, 4) is 0 Å². The lowest BCUT2D eigenvalue weighted by molar-refractivity contribution is -0.157. The van der Waals surface area contributed by atoms with Crippen molar-refractivity contribution in [2.75, 3.05) is 20.0 Å². The Kier molecular flexibility index (Phi) is 5.06. The molecule has 0 radical (unpaired) electrons. The highest BCUT2D eigenvalue weighted by atomic mass is 16.3. The number of nitrogens with zero attached hydrogens (tertiary/aromatic N) is 3. The average molecular weight is 253 g/mol. The Morgan fingerprint density at radius 2 is 1.61 bits per heavy atom. The summed E-state index contributed by atoms with van der Waals surface area (Å²) in [4.78, 5) is 27.8. The Labute approximate surface area is 107 Å². The summed E-state index contributed by atoms with van der Waals surface area (Å²) in [5.74, 6) is -0.547. The quantitative estimate of drug-likeness (QED) is 0.712. The van der Waals surface area contributed by atoms with E-state index in [2.05, 4.69) is 13.2 Å². The topological polar surface area (TPSA) is 64.1 Å². The maximum Gasteiger partial charge on any atom is 0.248 e. The Morgan fingerprint density at radius 1 is 1.17 bits per heavy atom. The SMILES string of the molecule is C=CC(=O)N1CN(C(=O)C=C)CN(C(O)CC)C1. The van der Waals surface area contributed by atoms with Gasteiger partial charge in [-0.2, -0.15) is 0 Å². The monoisotopic (exact) mass is 253 g/mol. The largest absolute Gasteiger partial charge is 0.378 e. The number of carbonyl (C=O) groups is 2. The Bertz CT molecular complexity index is 328. The molecule has 0 aromatic heterocycles. The van der Waals surface area contributed by atoms with E-state index in [1.807, 2.05) is 6.92 Å². The second-order valence-corrected chi connectivity index (χ2v) is 4.07. The van der Waals surface area contributed by atoms with Gasteiger partial charge in [-0.3, -0.25) is 9.59 Å². The van der Waals surface area contributed by atoms with Gasteiger partial charge in [-0.15, -0.1) is 0 Å². The summed E-state index contributed by atoms with van der Waals surface area (Å²) in [5, 5.41) is 9.83. The molecule has 1 unspecified atom stereocenters. The van der Waals surface area contributed by atoms with Gasteiger partial charge >= 0.3 is 0 Å². The molecule has 6 nitrogen and oxygen atoms in total. The highest BCUT2D eigenvalue weighted by Crippen LogP contribution is 2.12. The van der Waals surface area contributed by atoms with Gasteiger partial charge in [-0.1, -0.05) is 20.1 Å². The normalized spacial score (nSPS) is 18.3. The zero-order chi connectivity index (χ0) is 13.7. The molecule has 0 saturated carbocycles. The molecule has 1 saturated heterocycles. The van der Waals surface area contributed by atoms with Crippen molar-refractivity contribution in [1.82, 2.24) is 14.7 Å². The van der Waals surface area contributed by atoms with E-state index >= 15 is 0 Å². The highest BCUT2D eigenvalue weighted by molar-refractivity contribution is 5.89. The van der Waals surface area contributed by atoms with E-state index in [4.69, 9.17) is 0 Å². The minimum absolute atomic E-state index is 0.183. The predicted octanol–water partition coefficient (Wildman–Crippen LogP) is -0.0679. The molecule has 1 aliphatic heterocycles. The van der Waals surface area contributed by atoms with Crippen LogP contribution in [0.4, 0.5) is 0 Å². The van der Waals surface area contributed by atoms with Crippen LogP contribution in [0.25, 0.3) is 0 Å². The van der Waals surface area contributed by atoms with E-state index in [1.165, 1.54) is 22.0 Å². The predicted molar refractivity (Wildman–Crippen MR) is 66.8 cm³/mol. The fourth-order valence-electron chi connectivity index (χ4n) is 1.76. The summed E-state index contributed by atoms with van der Waals surface area (Å²) in [6, 6.07) is 0. The standard InChI is InChI=1S/C12H19N3O3/c1-4-10(16)13-7-14(11(17)5-2)9-15(8-13)12(18)6-3/h4-5,12,18H,1-2,6-9H2,3H3. The van der Waals surface area contributed by atoms with Crippen LogP contribution in [-0.4, -0.2) is 57.9 Å². The second kappa shape index (κ2) is 6.32. The van der Waals surface area contributed by atoms with Gasteiger partial charge in [-0.25, -0.2) is 4.90 Å². The molecular formula is C12H19N3O3. The summed E-state index contributed by atoms with van der Waals surface area (Å²) in [6.07, 6.45) is 2.22. The Morgan fingerprint density at radius 3 is 1.94 bits per heavy atom. The number of hydrogen-bond donors (Lipinski definition) is 1. The number of aliphatic hydroxyl groups is 1. The molecule has 0 bridgehead atoms. The smallest absolute Gasteiger partial charge is 0.248 e. The minimum atomic E-state index is -0.689. The van der Waals surface area contributed by atoms with Gasteiger partial charge in [0.15, 0.2) is 0 Å². The Balaban J connectivity index is 2.84. The average Bonchev–Trinajstić information content (AvgIpc) is 2.43. The first-order chi connectivity index (χ1) is 8.53. The van der Waals surface area contributed by atoms with Gasteiger partial charge < -0.3 is 14.9 Å². The van der Waals surface area contributed by atoms with Gasteiger partial charge in [0.2, 0.25) is 11.8 Å². The maximum absolute atomic E-state index is 11.6. The molecule has 100 valence electrons. The van der Waals surface area contributed by atoms with Crippen molar-refractivity contribution in [3.05, 3.63) is 25.3 Å². The molecule has 0 spiro atoms. The molecule has 1 rings (SSSR count). The molecule has 1 N–H and O–H groups in total. The van der Waals surface area contributed by atoms with Crippen molar-refractivity contribution in [2.24, 2.45) is 0 Å². The van der Waals surface area contributed by atoms with E-state index in [1.54, 1.807) is 4.90 Å². The molecule has 0 aliphatic carbocycles. The van der Waals surface area contributed by atoms with Crippen LogP contribution in [-0.2, 0) is 9.59 Å². The molecule has 0 aromatic rings. The molecule has 6 heteroatoms. The molecule has 2 amide bonds. The number of hydrogen-bond acceptors (Lipinski definition) is 4. The minimum Gasteiger partial charge on any atom is -0.378 e. The van der Waals surface area contributed by atoms with Crippen molar-refractivity contribution >= 4 is 11.8 Å². The zero-order valence-corrected chi connectivity index (χ0v) is 10.6. The molecule has 1 heterocycles. The van der Waals surface area contributed by atoms with Crippen molar-refractivity contribution < 1.29 is 14.7 Å². The number of amides is 2. The fourth-order valence-corrected chi connectivity index (χ4v) is 1.76. The summed E-state index contributed by atoms with van der Waals surface area (Å²) in [7, 11) is 0. The number of rotatable bonds is 4. The summed E-state index contributed by atoms with van der Waals surface area (Å²) < 4.78 is 0. The van der Waals surface area contributed by atoms with E-state index < -0.39 is 6.23 Å². The van der Waals surface area contributed by atoms with Gasteiger partial charge in [0.1, 0.15) is 6.23 Å². The van der Waals surface area contributed by atoms with Crippen LogP contribution < -0.4 is 0 Å². The van der Waals surface area contributed by atoms with Crippen LogP contribution >= 0.6 is 0 Å². The lowest BCUT2D eigenvalue weighted by Crippen LogP contribution is -2.59. The van der Waals surface area contributed by atoms with Gasteiger partial charge in [0.05, 0.1) is 20.0 Å². The van der Waals surface area contributed by atoms with Crippen molar-refractivity contribution in [2.45, 2.75) is 19.6 Å². The van der Waals surface area contributed by atoms with Gasteiger partial charge in [0, 0.05) is 0 Å². The third kappa shape index (κ3) is 3.18.